The third kappa shape index (κ3) is 2.69. The maximum atomic E-state index is 4.88. The van der Waals surface area contributed by atoms with Crippen molar-refractivity contribution in [3.05, 3.63) is 59.3 Å². The molecule has 0 radical (unpaired) electrons. The highest BCUT2D eigenvalue weighted by atomic mass is 15.4. The maximum absolute atomic E-state index is 4.88. The van der Waals surface area contributed by atoms with Crippen molar-refractivity contribution in [2.45, 2.75) is 45.4 Å². The Labute approximate surface area is 163 Å². The first-order valence-corrected chi connectivity index (χ1v) is 9.75. The second-order valence-electron chi connectivity index (χ2n) is 7.51. The molecule has 4 aromatic rings. The van der Waals surface area contributed by atoms with Crippen molar-refractivity contribution in [2.24, 2.45) is 7.05 Å². The van der Waals surface area contributed by atoms with Crippen LogP contribution in [-0.4, -0.2) is 34.3 Å². The number of hydrogen-bond donors (Lipinski definition) is 0. The zero-order valence-corrected chi connectivity index (χ0v) is 16.6. The summed E-state index contributed by atoms with van der Waals surface area (Å²) >= 11 is 0. The molecule has 0 N–H and O–H groups in total. The summed E-state index contributed by atoms with van der Waals surface area (Å²) in [5, 5.41) is 4.50. The lowest BCUT2D eigenvalue weighted by molar-refractivity contribution is 0.758. The Morgan fingerprint density at radius 1 is 1.04 bits per heavy atom. The zero-order chi connectivity index (χ0) is 19.4. The number of imidazole rings is 1. The van der Waals surface area contributed by atoms with Gasteiger partial charge in [-0.15, -0.1) is 5.10 Å². The molecule has 5 rings (SSSR count). The minimum Gasteiger partial charge on any atom is -0.331 e. The maximum Gasteiger partial charge on any atom is 0.159 e. The lowest BCUT2D eigenvalue weighted by Crippen LogP contribution is -2.08. The number of aromatic nitrogens is 7. The average Bonchev–Trinajstić information content (AvgIpc) is 3.33. The number of benzene rings is 1. The molecule has 0 aliphatic heterocycles. The van der Waals surface area contributed by atoms with E-state index in [9.17, 15) is 0 Å². The highest BCUT2D eigenvalue weighted by Crippen LogP contribution is 2.54. The lowest BCUT2D eigenvalue weighted by Gasteiger charge is -2.08. The molecule has 1 saturated carbocycles. The van der Waals surface area contributed by atoms with Gasteiger partial charge in [-0.2, -0.15) is 4.68 Å². The molecule has 0 spiro atoms. The fourth-order valence-electron chi connectivity index (χ4n) is 4.00. The van der Waals surface area contributed by atoms with E-state index in [-0.39, 0.29) is 0 Å². The van der Waals surface area contributed by atoms with Gasteiger partial charge in [-0.3, -0.25) is 0 Å². The van der Waals surface area contributed by atoms with E-state index >= 15 is 0 Å². The molecule has 7 heteroatoms. The molecular formula is C21H23N7. The largest absolute Gasteiger partial charge is 0.331 e. The van der Waals surface area contributed by atoms with E-state index in [1.54, 1.807) is 0 Å². The van der Waals surface area contributed by atoms with Crippen molar-refractivity contribution >= 4 is 11.0 Å². The molecular weight excluding hydrogens is 350 g/mol. The van der Waals surface area contributed by atoms with Gasteiger partial charge in [0, 0.05) is 31.4 Å². The molecule has 142 valence electrons. The summed E-state index contributed by atoms with van der Waals surface area (Å²) in [5.41, 5.74) is 3.30. The number of nitrogens with zero attached hydrogens (tertiary/aromatic N) is 7. The summed E-state index contributed by atoms with van der Waals surface area (Å²) < 4.78 is 4.03. The van der Waals surface area contributed by atoms with E-state index in [2.05, 4.69) is 57.9 Å². The van der Waals surface area contributed by atoms with Crippen LogP contribution in [0.1, 0.15) is 54.2 Å². The van der Waals surface area contributed by atoms with Crippen molar-refractivity contribution in [2.75, 3.05) is 0 Å². The number of rotatable bonds is 4. The van der Waals surface area contributed by atoms with Gasteiger partial charge in [0.2, 0.25) is 0 Å². The quantitative estimate of drug-likeness (QED) is 0.548. The highest BCUT2D eigenvalue weighted by Gasteiger charge is 2.44. The van der Waals surface area contributed by atoms with Crippen LogP contribution in [0, 0.1) is 13.8 Å². The van der Waals surface area contributed by atoms with Crippen molar-refractivity contribution in [3.8, 4) is 5.82 Å². The molecule has 1 aromatic carbocycles. The van der Waals surface area contributed by atoms with Crippen LogP contribution in [0.25, 0.3) is 16.9 Å². The molecule has 1 aliphatic carbocycles. The molecule has 28 heavy (non-hydrogen) atoms. The van der Waals surface area contributed by atoms with E-state index in [4.69, 9.17) is 9.97 Å². The molecule has 0 amide bonds. The van der Waals surface area contributed by atoms with Crippen molar-refractivity contribution in [1.82, 2.24) is 34.3 Å². The summed E-state index contributed by atoms with van der Waals surface area (Å²) in [6.07, 6.45) is 1.85. The first kappa shape index (κ1) is 17.0. The van der Waals surface area contributed by atoms with Gasteiger partial charge >= 0.3 is 0 Å². The standard InChI is InChI=1S/C21H23N7/c1-5-19-23-17(11-20(25-19)28-13(3)22-12(2)26-28)14-10-15(14)21-24-16-8-6-7-9-18(16)27(21)4/h6-9,11,14-15H,5,10H2,1-4H3. The summed E-state index contributed by atoms with van der Waals surface area (Å²) in [5.74, 6) is 5.13. The molecule has 3 aromatic heterocycles. The molecule has 3 heterocycles. The number of aryl methyl sites for hydroxylation is 4. The predicted molar refractivity (Wildman–Crippen MR) is 107 cm³/mol. The van der Waals surface area contributed by atoms with Gasteiger partial charge < -0.3 is 4.57 Å². The summed E-state index contributed by atoms with van der Waals surface area (Å²) in [7, 11) is 2.10. The molecule has 0 saturated heterocycles. The smallest absolute Gasteiger partial charge is 0.159 e. The van der Waals surface area contributed by atoms with Crippen molar-refractivity contribution in [1.29, 1.82) is 0 Å². The second kappa shape index (κ2) is 6.22. The third-order valence-electron chi connectivity index (χ3n) is 5.51. The van der Waals surface area contributed by atoms with Crippen LogP contribution in [-0.2, 0) is 13.5 Å². The van der Waals surface area contributed by atoms with E-state index in [0.717, 1.165) is 53.2 Å². The minimum atomic E-state index is 0.368. The SMILES string of the molecule is CCc1nc(C2CC2c2nc3ccccc3n2C)cc(-n2nc(C)nc2C)n1. The molecule has 0 bridgehead atoms. The van der Waals surface area contributed by atoms with Gasteiger partial charge in [0.1, 0.15) is 23.3 Å². The highest BCUT2D eigenvalue weighted by molar-refractivity contribution is 5.76. The lowest BCUT2D eigenvalue weighted by atomic mass is 10.2. The first-order chi connectivity index (χ1) is 13.5. The van der Waals surface area contributed by atoms with Crippen LogP contribution in [0.5, 0.6) is 0 Å². The van der Waals surface area contributed by atoms with Crippen LogP contribution in [0.4, 0.5) is 0 Å². The first-order valence-electron chi connectivity index (χ1n) is 9.75. The fourth-order valence-corrected chi connectivity index (χ4v) is 4.00. The monoisotopic (exact) mass is 373 g/mol. The summed E-state index contributed by atoms with van der Waals surface area (Å²) in [4.78, 5) is 18.8. The van der Waals surface area contributed by atoms with E-state index < -0.39 is 0 Å². The molecule has 1 fully saturated rings. The molecule has 1 aliphatic rings. The number of para-hydroxylation sites is 2. The van der Waals surface area contributed by atoms with Gasteiger partial charge in [-0.1, -0.05) is 19.1 Å². The summed E-state index contributed by atoms with van der Waals surface area (Å²) in [6, 6.07) is 10.4. The molecule has 7 nitrogen and oxygen atoms in total. The predicted octanol–water partition coefficient (Wildman–Crippen LogP) is 3.39. The van der Waals surface area contributed by atoms with Crippen LogP contribution in [0.3, 0.4) is 0 Å². The Kier molecular flexibility index (Phi) is 3.79. The van der Waals surface area contributed by atoms with E-state index in [0.29, 0.717) is 11.8 Å². The van der Waals surface area contributed by atoms with E-state index in [1.165, 1.54) is 5.52 Å². The molecule has 2 atom stereocenters. The van der Waals surface area contributed by atoms with Crippen LogP contribution in [0.15, 0.2) is 30.3 Å². The van der Waals surface area contributed by atoms with Crippen LogP contribution < -0.4 is 0 Å². The Morgan fingerprint density at radius 3 is 2.57 bits per heavy atom. The second-order valence-corrected chi connectivity index (χ2v) is 7.51. The molecule has 2 unspecified atom stereocenters. The Hall–Kier alpha value is -3.09. The Morgan fingerprint density at radius 2 is 1.86 bits per heavy atom. The van der Waals surface area contributed by atoms with Gasteiger partial charge in [0.15, 0.2) is 5.82 Å². The number of fused-ring (bicyclic) bond motifs is 1. The Balaban J connectivity index is 1.52. The van der Waals surface area contributed by atoms with Crippen molar-refractivity contribution < 1.29 is 0 Å². The average molecular weight is 373 g/mol. The van der Waals surface area contributed by atoms with Crippen LogP contribution in [0.2, 0.25) is 0 Å². The zero-order valence-electron chi connectivity index (χ0n) is 16.6. The third-order valence-corrected chi connectivity index (χ3v) is 5.51. The normalized spacial score (nSPS) is 18.7. The number of hydrogen-bond acceptors (Lipinski definition) is 5. The van der Waals surface area contributed by atoms with Crippen molar-refractivity contribution in [3.63, 3.8) is 0 Å². The van der Waals surface area contributed by atoms with Gasteiger partial charge in [-0.25, -0.2) is 19.9 Å². The summed E-state index contributed by atoms with van der Waals surface area (Å²) in [6.45, 7) is 5.93. The van der Waals surface area contributed by atoms with Gasteiger partial charge in [0.25, 0.3) is 0 Å². The van der Waals surface area contributed by atoms with Crippen LogP contribution >= 0.6 is 0 Å². The fraction of sp³-hybridized carbons (Fsp3) is 0.381. The van der Waals surface area contributed by atoms with Gasteiger partial charge in [-0.05, 0) is 32.4 Å². The topological polar surface area (TPSA) is 74.3 Å². The minimum absolute atomic E-state index is 0.368. The Bertz CT molecular complexity index is 1190. The van der Waals surface area contributed by atoms with Gasteiger partial charge in [0.05, 0.1) is 16.7 Å². The van der Waals surface area contributed by atoms with E-state index in [1.807, 2.05) is 24.6 Å².